The smallest absolute Gasteiger partial charge is 0.410 e. The van der Waals surface area contributed by atoms with Crippen LogP contribution in [0.1, 0.15) is 38.3 Å². The summed E-state index contributed by atoms with van der Waals surface area (Å²) in [5.41, 5.74) is 3.73. The number of ether oxygens (including phenoxy) is 1. The maximum absolute atomic E-state index is 14.8. The molecule has 8 heteroatoms. The average Bonchev–Trinajstić information content (AvgIpc) is 3.48. The number of nitrogens with zero attached hydrogens (tertiary/aromatic N) is 4. The Hall–Kier alpha value is -2.90. The minimum Gasteiger partial charge on any atom is -0.444 e. The van der Waals surface area contributed by atoms with Gasteiger partial charge in [0.15, 0.2) is 0 Å². The van der Waals surface area contributed by atoms with Crippen LogP contribution >= 0.6 is 0 Å². The molecule has 1 saturated heterocycles. The molecule has 1 aliphatic carbocycles. The zero-order valence-electron chi connectivity index (χ0n) is 20.2. The molecule has 33 heavy (non-hydrogen) atoms. The Balaban J connectivity index is 1.40. The number of hydrogen-bond acceptors (Lipinski definition) is 6. The van der Waals surface area contributed by atoms with E-state index in [1.165, 1.54) is 6.07 Å². The molecule has 2 heterocycles. The van der Waals surface area contributed by atoms with E-state index in [9.17, 15) is 9.18 Å². The quantitative estimate of drug-likeness (QED) is 0.690. The second-order valence-corrected chi connectivity index (χ2v) is 10.1. The Morgan fingerprint density at radius 3 is 2.58 bits per heavy atom. The van der Waals surface area contributed by atoms with Crippen LogP contribution in [0.15, 0.2) is 40.8 Å². The third-order valence-corrected chi connectivity index (χ3v) is 6.65. The van der Waals surface area contributed by atoms with Crippen molar-refractivity contribution in [2.45, 2.75) is 45.8 Å². The van der Waals surface area contributed by atoms with Crippen molar-refractivity contribution >= 4 is 17.4 Å². The number of benzene rings is 1. The van der Waals surface area contributed by atoms with Crippen molar-refractivity contribution in [3.05, 3.63) is 47.6 Å². The van der Waals surface area contributed by atoms with Crippen LogP contribution in [0.2, 0.25) is 0 Å². The number of amides is 1. The van der Waals surface area contributed by atoms with E-state index in [-0.39, 0.29) is 29.8 Å². The summed E-state index contributed by atoms with van der Waals surface area (Å²) in [5.74, 6) is 0.0646. The highest BCUT2D eigenvalue weighted by atomic mass is 19.1. The number of piperazine rings is 1. The van der Waals surface area contributed by atoms with Gasteiger partial charge in [0.1, 0.15) is 11.4 Å². The van der Waals surface area contributed by atoms with Crippen LogP contribution in [-0.2, 0) is 4.74 Å². The van der Waals surface area contributed by atoms with Gasteiger partial charge in [-0.3, -0.25) is 0 Å². The van der Waals surface area contributed by atoms with Crippen molar-refractivity contribution in [3.63, 3.8) is 0 Å². The Morgan fingerprint density at radius 1 is 1.24 bits per heavy atom. The molecule has 3 atom stereocenters. The first kappa shape index (κ1) is 23.3. The number of allylic oxidation sites excluding steroid dienone is 1. The summed E-state index contributed by atoms with van der Waals surface area (Å²) >= 11 is 0. The lowest BCUT2D eigenvalue weighted by Crippen LogP contribution is -2.49. The molecule has 7 nitrogen and oxygen atoms in total. The van der Waals surface area contributed by atoms with Crippen LogP contribution in [0.3, 0.4) is 0 Å². The molecule has 1 aromatic rings. The van der Waals surface area contributed by atoms with Gasteiger partial charge in [0.25, 0.3) is 0 Å². The van der Waals surface area contributed by atoms with E-state index in [0.29, 0.717) is 18.7 Å². The standard InChI is InChI=1S/C25H34FN5O2/c1-15-7-8-19(26)21(22(15)27-6)16(2)20-18-13-17(14-28-29-23(18)20)30-9-11-31(12-10-30)24(32)33-25(3,4)5/h7-8,14,18,20,23,27H,2,9-13H2,1,3-6H3/t18-,20?,23?/m0/s1. The molecule has 2 fully saturated rings. The molecule has 1 saturated carbocycles. The summed E-state index contributed by atoms with van der Waals surface area (Å²) in [7, 11) is 1.81. The maximum atomic E-state index is 14.8. The first-order valence-electron chi connectivity index (χ1n) is 11.6. The summed E-state index contributed by atoms with van der Waals surface area (Å²) in [6.07, 6.45) is 2.38. The van der Waals surface area contributed by atoms with Crippen LogP contribution in [0.25, 0.3) is 5.57 Å². The largest absolute Gasteiger partial charge is 0.444 e. The van der Waals surface area contributed by atoms with Gasteiger partial charge in [-0.05, 0) is 57.2 Å². The monoisotopic (exact) mass is 455 g/mol. The zero-order valence-corrected chi connectivity index (χ0v) is 20.2. The Kier molecular flexibility index (Phi) is 6.20. The summed E-state index contributed by atoms with van der Waals surface area (Å²) in [6.45, 7) is 14.5. The fourth-order valence-corrected chi connectivity index (χ4v) is 4.89. The molecule has 1 aromatic carbocycles. The number of hydrogen-bond donors (Lipinski definition) is 1. The van der Waals surface area contributed by atoms with Crippen LogP contribution in [0.4, 0.5) is 14.9 Å². The molecule has 2 unspecified atom stereocenters. The molecule has 1 N–H and O–H groups in total. The molecular formula is C25H34FN5O2. The van der Waals surface area contributed by atoms with Crippen molar-refractivity contribution in [1.29, 1.82) is 0 Å². The van der Waals surface area contributed by atoms with Crippen molar-refractivity contribution in [1.82, 2.24) is 9.80 Å². The lowest BCUT2D eigenvalue weighted by molar-refractivity contribution is 0.0166. The summed E-state index contributed by atoms with van der Waals surface area (Å²) < 4.78 is 20.3. The number of carbonyl (C=O) groups excluding carboxylic acids is 1. The van der Waals surface area contributed by atoms with Crippen molar-refractivity contribution in [2.24, 2.45) is 22.1 Å². The molecule has 1 amide bonds. The lowest BCUT2D eigenvalue weighted by Gasteiger charge is -2.37. The molecule has 0 radical (unpaired) electrons. The lowest BCUT2D eigenvalue weighted by atomic mass is 9.96. The van der Waals surface area contributed by atoms with Gasteiger partial charge in [-0.1, -0.05) is 12.6 Å². The summed E-state index contributed by atoms with van der Waals surface area (Å²) in [5, 5.41) is 12.0. The maximum Gasteiger partial charge on any atom is 0.410 e. The third-order valence-electron chi connectivity index (χ3n) is 6.65. The van der Waals surface area contributed by atoms with Crippen LogP contribution in [-0.4, -0.2) is 60.8 Å². The molecule has 0 spiro atoms. The highest BCUT2D eigenvalue weighted by molar-refractivity contribution is 5.80. The Labute approximate surface area is 195 Å². The average molecular weight is 456 g/mol. The van der Waals surface area contributed by atoms with E-state index in [1.807, 2.05) is 33.9 Å². The normalized spacial score (nSPS) is 24.5. The SMILES string of the molecule is C=C(c1c(F)ccc(C)c1NC)C1C2N=NC=C(N3CCN(C(=O)OC(C)(C)C)CC3)C[C@H]21. The second-order valence-electron chi connectivity index (χ2n) is 10.1. The van der Waals surface area contributed by atoms with E-state index >= 15 is 0 Å². The molecule has 178 valence electrons. The third kappa shape index (κ3) is 4.75. The first-order valence-corrected chi connectivity index (χ1v) is 11.6. The second kappa shape index (κ2) is 8.80. The van der Waals surface area contributed by atoms with E-state index in [2.05, 4.69) is 27.0 Å². The van der Waals surface area contributed by atoms with Crippen LogP contribution < -0.4 is 5.32 Å². The number of anilines is 1. The molecule has 2 aliphatic heterocycles. The van der Waals surface area contributed by atoms with Gasteiger partial charge in [0.2, 0.25) is 0 Å². The minimum atomic E-state index is -0.499. The van der Waals surface area contributed by atoms with E-state index in [4.69, 9.17) is 4.74 Å². The van der Waals surface area contributed by atoms with Gasteiger partial charge in [0, 0.05) is 56.1 Å². The highest BCUT2D eigenvalue weighted by Crippen LogP contribution is 2.55. The summed E-state index contributed by atoms with van der Waals surface area (Å²) in [4.78, 5) is 16.4. The van der Waals surface area contributed by atoms with Crippen molar-refractivity contribution in [3.8, 4) is 0 Å². The Morgan fingerprint density at radius 2 is 1.94 bits per heavy atom. The zero-order chi connectivity index (χ0) is 23.9. The molecule has 0 aromatic heterocycles. The number of carbonyl (C=O) groups is 1. The van der Waals surface area contributed by atoms with Crippen molar-refractivity contribution in [2.75, 3.05) is 38.5 Å². The van der Waals surface area contributed by atoms with E-state index in [0.717, 1.165) is 42.0 Å². The number of fused-ring (bicyclic) bond motifs is 1. The molecule has 0 bridgehead atoms. The fraction of sp³-hybridized carbons (Fsp3) is 0.560. The predicted molar refractivity (Wildman–Crippen MR) is 127 cm³/mol. The number of azo groups is 1. The number of halogens is 1. The van der Waals surface area contributed by atoms with Gasteiger partial charge in [-0.15, -0.1) is 0 Å². The molecule has 4 rings (SSSR count). The van der Waals surface area contributed by atoms with Gasteiger partial charge in [0.05, 0.1) is 12.2 Å². The number of aryl methyl sites for hydroxylation is 1. The minimum absolute atomic E-state index is 0.0268. The van der Waals surface area contributed by atoms with Crippen LogP contribution in [0.5, 0.6) is 0 Å². The van der Waals surface area contributed by atoms with E-state index in [1.54, 1.807) is 18.0 Å². The number of nitrogens with one attached hydrogen (secondary N) is 1. The van der Waals surface area contributed by atoms with Gasteiger partial charge in [-0.2, -0.15) is 10.2 Å². The van der Waals surface area contributed by atoms with E-state index < -0.39 is 5.60 Å². The summed E-state index contributed by atoms with van der Waals surface area (Å²) in [6, 6.07) is 3.31. The van der Waals surface area contributed by atoms with Crippen LogP contribution in [0, 0.1) is 24.6 Å². The number of rotatable bonds is 4. The highest BCUT2D eigenvalue weighted by Gasteiger charge is 2.54. The molecule has 3 aliphatic rings. The first-order chi connectivity index (χ1) is 15.6. The molecular weight excluding hydrogens is 421 g/mol. The van der Waals surface area contributed by atoms with Gasteiger partial charge >= 0.3 is 6.09 Å². The van der Waals surface area contributed by atoms with Crippen molar-refractivity contribution < 1.29 is 13.9 Å². The fourth-order valence-electron chi connectivity index (χ4n) is 4.89. The van der Waals surface area contributed by atoms with Gasteiger partial charge in [-0.25, -0.2) is 9.18 Å². The topological polar surface area (TPSA) is 69.5 Å². The van der Waals surface area contributed by atoms with Gasteiger partial charge < -0.3 is 19.9 Å². The Bertz CT molecular complexity index is 1000. The predicted octanol–water partition coefficient (Wildman–Crippen LogP) is 5.05.